The lowest BCUT2D eigenvalue weighted by Gasteiger charge is -2.33. The number of rotatable bonds is 4. The number of methoxy groups -OCH3 is 1. The summed E-state index contributed by atoms with van der Waals surface area (Å²) < 4.78 is 45.8. The summed E-state index contributed by atoms with van der Waals surface area (Å²) in [5.41, 5.74) is 4.40. The molecule has 0 unspecified atom stereocenters. The largest absolute Gasteiger partial charge is 0.573 e. The number of nitrogens with zero attached hydrogens (tertiary/aromatic N) is 3. The summed E-state index contributed by atoms with van der Waals surface area (Å²) in [6, 6.07) is 14.7. The Hall–Kier alpha value is -2.98. The predicted molar refractivity (Wildman–Crippen MR) is 98.2 cm³/mol. The van der Waals surface area contributed by atoms with Gasteiger partial charge in [-0.3, -0.25) is 5.01 Å². The van der Waals surface area contributed by atoms with Crippen LogP contribution in [0.3, 0.4) is 0 Å². The zero-order chi connectivity index (χ0) is 19.4. The lowest BCUT2D eigenvalue weighted by molar-refractivity contribution is -0.274. The first-order chi connectivity index (χ1) is 12.9. The van der Waals surface area contributed by atoms with Gasteiger partial charge in [-0.2, -0.15) is 10.1 Å². The average Bonchev–Trinajstić information content (AvgIpc) is 3.11. The molecule has 10 heteroatoms. The van der Waals surface area contributed by atoms with E-state index in [9.17, 15) is 13.2 Å². The van der Waals surface area contributed by atoms with Crippen molar-refractivity contribution >= 4 is 28.8 Å². The first-order valence-corrected chi connectivity index (χ1v) is 8.10. The summed E-state index contributed by atoms with van der Waals surface area (Å²) in [4.78, 5) is 0. The van der Waals surface area contributed by atoms with Crippen LogP contribution in [-0.2, 0) is 4.74 Å². The zero-order valence-electron chi connectivity index (χ0n) is 14.1. The lowest BCUT2D eigenvalue weighted by Crippen LogP contribution is -2.52. The van der Waals surface area contributed by atoms with Gasteiger partial charge in [-0.25, -0.2) is 0 Å². The SMILES string of the molecule is COC(=S)N(c1ccccc1)N1C=CN(c2ccc(OC(F)(F)F)cc2)N1. The molecule has 0 aromatic heterocycles. The van der Waals surface area contributed by atoms with E-state index < -0.39 is 6.36 Å². The van der Waals surface area contributed by atoms with E-state index in [2.05, 4.69) is 10.3 Å². The van der Waals surface area contributed by atoms with E-state index >= 15 is 0 Å². The van der Waals surface area contributed by atoms with Gasteiger partial charge in [0.15, 0.2) is 0 Å². The fourth-order valence-electron chi connectivity index (χ4n) is 2.34. The summed E-state index contributed by atoms with van der Waals surface area (Å²) in [5, 5.41) is 5.01. The molecule has 0 aliphatic carbocycles. The van der Waals surface area contributed by atoms with Crippen LogP contribution in [0.4, 0.5) is 24.5 Å². The summed E-state index contributed by atoms with van der Waals surface area (Å²) in [6.07, 6.45) is -1.34. The van der Waals surface area contributed by atoms with Gasteiger partial charge in [0.2, 0.25) is 0 Å². The molecule has 0 amide bonds. The van der Waals surface area contributed by atoms with Crippen LogP contribution in [0.5, 0.6) is 5.75 Å². The van der Waals surface area contributed by atoms with Crippen LogP contribution < -0.4 is 20.3 Å². The van der Waals surface area contributed by atoms with Crippen molar-refractivity contribution < 1.29 is 22.6 Å². The van der Waals surface area contributed by atoms with E-state index in [1.54, 1.807) is 27.5 Å². The minimum Gasteiger partial charge on any atom is -0.473 e. The highest BCUT2D eigenvalue weighted by atomic mass is 32.1. The van der Waals surface area contributed by atoms with Crippen molar-refractivity contribution in [2.24, 2.45) is 0 Å². The Morgan fingerprint density at radius 3 is 2.30 bits per heavy atom. The molecule has 0 saturated heterocycles. The van der Waals surface area contributed by atoms with E-state index in [0.717, 1.165) is 5.69 Å². The maximum absolute atomic E-state index is 12.3. The second-order valence-corrected chi connectivity index (χ2v) is 5.62. The number of nitrogens with one attached hydrogen (secondary N) is 1. The third-order valence-electron chi connectivity index (χ3n) is 3.48. The number of thiocarbonyl (C=S) groups is 1. The molecule has 142 valence electrons. The van der Waals surface area contributed by atoms with Crippen molar-refractivity contribution in [3.8, 4) is 5.75 Å². The maximum Gasteiger partial charge on any atom is 0.573 e. The molecule has 0 atom stereocenters. The molecule has 1 aliphatic rings. The summed E-state index contributed by atoms with van der Waals surface area (Å²) in [5.74, 6) is -0.294. The van der Waals surface area contributed by atoms with Gasteiger partial charge >= 0.3 is 6.36 Å². The Labute approximate surface area is 158 Å². The predicted octanol–water partition coefficient (Wildman–Crippen LogP) is 3.95. The summed E-state index contributed by atoms with van der Waals surface area (Å²) >= 11 is 5.26. The highest BCUT2D eigenvalue weighted by molar-refractivity contribution is 7.80. The number of para-hydroxylation sites is 1. The average molecular weight is 396 g/mol. The molecule has 0 spiro atoms. The molecule has 1 N–H and O–H groups in total. The van der Waals surface area contributed by atoms with Crippen molar-refractivity contribution in [3.05, 3.63) is 67.0 Å². The summed E-state index contributed by atoms with van der Waals surface area (Å²) in [7, 11) is 1.47. The molecule has 3 rings (SSSR count). The van der Waals surface area contributed by atoms with E-state index in [0.29, 0.717) is 5.69 Å². The van der Waals surface area contributed by atoms with Crippen LogP contribution in [0.25, 0.3) is 0 Å². The van der Waals surface area contributed by atoms with Gasteiger partial charge < -0.3 is 9.47 Å². The van der Waals surface area contributed by atoms with Crippen LogP contribution in [0, 0.1) is 0 Å². The molecule has 27 heavy (non-hydrogen) atoms. The van der Waals surface area contributed by atoms with Crippen molar-refractivity contribution in [2.45, 2.75) is 6.36 Å². The number of ether oxygens (including phenoxy) is 2. The third-order valence-corrected chi connectivity index (χ3v) is 3.82. The van der Waals surface area contributed by atoms with Crippen LogP contribution in [0.2, 0.25) is 0 Å². The van der Waals surface area contributed by atoms with Crippen molar-refractivity contribution in [3.63, 3.8) is 0 Å². The van der Waals surface area contributed by atoms with Gasteiger partial charge in [0.1, 0.15) is 5.75 Å². The van der Waals surface area contributed by atoms with Crippen LogP contribution in [0.15, 0.2) is 67.0 Å². The standard InChI is InChI=1S/C17H15F3N4O2S/c1-25-16(27)24(14-5-3-2-4-6-14)23-12-11-22(21-23)13-7-9-15(10-8-13)26-17(18,19)20/h2-12,21H,1H3. The fourth-order valence-corrected chi connectivity index (χ4v) is 2.54. The monoisotopic (exact) mass is 396 g/mol. The van der Waals surface area contributed by atoms with Gasteiger partial charge in [-0.05, 0) is 48.6 Å². The van der Waals surface area contributed by atoms with Gasteiger partial charge in [0.05, 0.1) is 24.7 Å². The zero-order valence-corrected chi connectivity index (χ0v) is 14.9. The Bertz CT molecular complexity index is 815. The van der Waals surface area contributed by atoms with Crippen LogP contribution in [0.1, 0.15) is 0 Å². The smallest absolute Gasteiger partial charge is 0.473 e. The molecule has 0 fully saturated rings. The van der Waals surface area contributed by atoms with Crippen LogP contribution in [-0.4, -0.2) is 23.8 Å². The van der Waals surface area contributed by atoms with E-state index in [1.165, 1.54) is 31.4 Å². The quantitative estimate of drug-likeness (QED) is 0.785. The molecule has 6 nitrogen and oxygen atoms in total. The molecule has 2 aromatic rings. The highest BCUT2D eigenvalue weighted by Crippen LogP contribution is 2.26. The first-order valence-electron chi connectivity index (χ1n) is 7.69. The fraction of sp³-hybridized carbons (Fsp3) is 0.118. The van der Waals surface area contributed by atoms with E-state index in [4.69, 9.17) is 17.0 Å². The molecule has 0 radical (unpaired) electrons. The van der Waals surface area contributed by atoms with Gasteiger partial charge in [-0.15, -0.1) is 18.7 Å². The van der Waals surface area contributed by atoms with Crippen molar-refractivity contribution in [1.29, 1.82) is 0 Å². The number of alkyl halides is 3. The first kappa shape index (κ1) is 18.8. The Balaban J connectivity index is 1.74. The molecular formula is C17H15F3N4O2S. The second kappa shape index (κ2) is 7.72. The number of halogens is 3. The molecule has 1 heterocycles. The normalized spacial score (nSPS) is 13.6. The van der Waals surface area contributed by atoms with Crippen LogP contribution >= 0.6 is 12.2 Å². The Morgan fingerprint density at radius 2 is 1.70 bits per heavy atom. The molecular weight excluding hydrogens is 381 g/mol. The molecule has 1 aliphatic heterocycles. The number of benzene rings is 2. The van der Waals surface area contributed by atoms with Crippen molar-refractivity contribution in [1.82, 2.24) is 10.7 Å². The highest BCUT2D eigenvalue weighted by Gasteiger charge is 2.31. The molecule has 0 saturated carbocycles. The van der Waals surface area contributed by atoms with E-state index in [1.807, 2.05) is 30.3 Å². The Kier molecular flexibility index (Phi) is 5.38. The second-order valence-electron chi connectivity index (χ2n) is 5.27. The van der Waals surface area contributed by atoms with Crippen molar-refractivity contribution in [2.75, 3.05) is 17.1 Å². The number of hydrogen-bond donors (Lipinski definition) is 1. The Morgan fingerprint density at radius 1 is 1.04 bits per heavy atom. The summed E-state index contributed by atoms with van der Waals surface area (Å²) in [6.45, 7) is 0. The minimum absolute atomic E-state index is 0.203. The number of hydrogen-bond acceptors (Lipinski definition) is 6. The number of hydrazine groups is 3. The lowest BCUT2D eigenvalue weighted by atomic mass is 10.3. The van der Waals surface area contributed by atoms with Gasteiger partial charge in [0.25, 0.3) is 5.17 Å². The maximum atomic E-state index is 12.3. The van der Waals surface area contributed by atoms with Gasteiger partial charge in [-0.1, -0.05) is 18.2 Å². The van der Waals surface area contributed by atoms with E-state index in [-0.39, 0.29) is 10.9 Å². The molecule has 0 bridgehead atoms. The minimum atomic E-state index is -4.73. The molecule has 2 aromatic carbocycles. The van der Waals surface area contributed by atoms with Gasteiger partial charge in [0, 0.05) is 6.20 Å². The third kappa shape index (κ3) is 4.60. The topological polar surface area (TPSA) is 40.2 Å². The number of anilines is 2.